The van der Waals surface area contributed by atoms with E-state index in [1.54, 1.807) is 36.4 Å². The van der Waals surface area contributed by atoms with Crippen LogP contribution in [0.2, 0.25) is 5.02 Å². The van der Waals surface area contributed by atoms with Crippen molar-refractivity contribution in [1.82, 2.24) is 0 Å². The number of carbonyl (C=O) groups is 2. The standard InChI is InChI=1S/C19H20ClNO4/c1-13(14-4-2-5-15(20)12-14)19(24)21-16-7-9-17(10-8-16)25-11-3-6-18(22)23/h2,4-5,7-10,12-13H,3,6,11H2,1H3,(H,21,24)(H,22,23). The van der Waals surface area contributed by atoms with Gasteiger partial charge in [-0.2, -0.15) is 0 Å². The van der Waals surface area contributed by atoms with Gasteiger partial charge in [-0.3, -0.25) is 9.59 Å². The lowest BCUT2D eigenvalue weighted by atomic mass is 10.0. The van der Waals surface area contributed by atoms with Crippen molar-refractivity contribution in [2.24, 2.45) is 0 Å². The molecule has 1 atom stereocenters. The molecule has 6 heteroatoms. The molecule has 0 bridgehead atoms. The summed E-state index contributed by atoms with van der Waals surface area (Å²) in [6.07, 6.45) is 0.528. The lowest BCUT2D eigenvalue weighted by Crippen LogP contribution is -2.18. The largest absolute Gasteiger partial charge is 0.494 e. The van der Waals surface area contributed by atoms with E-state index in [4.69, 9.17) is 21.4 Å². The summed E-state index contributed by atoms with van der Waals surface area (Å²) in [7, 11) is 0. The number of ether oxygens (including phenoxy) is 1. The zero-order valence-corrected chi connectivity index (χ0v) is 14.6. The number of carboxylic acid groups (broad SMARTS) is 1. The summed E-state index contributed by atoms with van der Waals surface area (Å²) in [6, 6.07) is 14.2. The minimum atomic E-state index is -0.838. The Labute approximate surface area is 151 Å². The van der Waals surface area contributed by atoms with E-state index in [0.717, 1.165) is 5.56 Å². The summed E-state index contributed by atoms with van der Waals surface area (Å²) >= 11 is 5.96. The number of amides is 1. The molecule has 2 rings (SSSR count). The van der Waals surface area contributed by atoms with Gasteiger partial charge in [0.1, 0.15) is 5.75 Å². The minimum Gasteiger partial charge on any atom is -0.494 e. The fraction of sp³-hybridized carbons (Fsp3) is 0.263. The predicted molar refractivity (Wildman–Crippen MR) is 97.3 cm³/mol. The number of rotatable bonds is 8. The number of anilines is 1. The van der Waals surface area contributed by atoms with Crippen molar-refractivity contribution in [3.05, 3.63) is 59.1 Å². The third-order valence-corrected chi connectivity index (χ3v) is 3.90. The summed E-state index contributed by atoms with van der Waals surface area (Å²) in [4.78, 5) is 22.8. The first kappa shape index (κ1) is 18.8. The molecule has 5 nitrogen and oxygen atoms in total. The summed E-state index contributed by atoms with van der Waals surface area (Å²) < 4.78 is 5.46. The SMILES string of the molecule is CC(C(=O)Nc1ccc(OCCCC(=O)O)cc1)c1cccc(Cl)c1. The van der Waals surface area contributed by atoms with Crippen LogP contribution in [-0.2, 0) is 9.59 Å². The highest BCUT2D eigenvalue weighted by molar-refractivity contribution is 6.30. The summed E-state index contributed by atoms with van der Waals surface area (Å²) in [5.74, 6) is -0.662. The first-order valence-corrected chi connectivity index (χ1v) is 8.34. The van der Waals surface area contributed by atoms with Gasteiger partial charge in [0, 0.05) is 17.1 Å². The summed E-state index contributed by atoms with van der Waals surface area (Å²) in [5, 5.41) is 12.0. The molecule has 0 aliphatic rings. The fourth-order valence-corrected chi connectivity index (χ4v) is 2.42. The van der Waals surface area contributed by atoms with Gasteiger partial charge in [-0.1, -0.05) is 23.7 Å². The fourth-order valence-electron chi connectivity index (χ4n) is 2.23. The molecule has 2 aromatic rings. The molecule has 25 heavy (non-hydrogen) atoms. The highest BCUT2D eigenvalue weighted by Crippen LogP contribution is 2.22. The monoisotopic (exact) mass is 361 g/mol. The Bertz CT molecular complexity index is 730. The average Bonchev–Trinajstić information content (AvgIpc) is 2.59. The van der Waals surface area contributed by atoms with E-state index in [1.165, 1.54) is 0 Å². The first-order valence-electron chi connectivity index (χ1n) is 7.96. The molecule has 2 N–H and O–H groups in total. The molecule has 0 spiro atoms. The number of carboxylic acids is 1. The molecule has 2 aromatic carbocycles. The van der Waals surface area contributed by atoms with Crippen LogP contribution < -0.4 is 10.1 Å². The molecular weight excluding hydrogens is 342 g/mol. The zero-order valence-electron chi connectivity index (χ0n) is 13.9. The molecule has 1 unspecified atom stereocenters. The lowest BCUT2D eigenvalue weighted by Gasteiger charge is -2.13. The van der Waals surface area contributed by atoms with Crippen molar-refractivity contribution in [2.75, 3.05) is 11.9 Å². The topological polar surface area (TPSA) is 75.6 Å². The van der Waals surface area contributed by atoms with Gasteiger partial charge >= 0.3 is 5.97 Å². The van der Waals surface area contributed by atoms with E-state index >= 15 is 0 Å². The number of carbonyl (C=O) groups excluding carboxylic acids is 1. The van der Waals surface area contributed by atoms with Crippen LogP contribution in [0.15, 0.2) is 48.5 Å². The Morgan fingerprint density at radius 2 is 1.92 bits per heavy atom. The molecular formula is C19H20ClNO4. The van der Waals surface area contributed by atoms with Gasteiger partial charge in [-0.05, 0) is 55.3 Å². The third kappa shape index (κ3) is 6.12. The van der Waals surface area contributed by atoms with Crippen molar-refractivity contribution in [1.29, 1.82) is 0 Å². The van der Waals surface area contributed by atoms with Gasteiger partial charge in [-0.25, -0.2) is 0 Å². The maximum Gasteiger partial charge on any atom is 0.303 e. The van der Waals surface area contributed by atoms with Crippen molar-refractivity contribution < 1.29 is 19.4 Å². The zero-order chi connectivity index (χ0) is 18.2. The number of aliphatic carboxylic acids is 1. The van der Waals surface area contributed by atoms with E-state index in [9.17, 15) is 9.59 Å². The van der Waals surface area contributed by atoms with Gasteiger partial charge in [0.15, 0.2) is 0 Å². The normalized spacial score (nSPS) is 11.6. The molecule has 0 aliphatic carbocycles. The second kappa shape index (κ2) is 9.08. The summed E-state index contributed by atoms with van der Waals surface area (Å²) in [5.41, 5.74) is 1.51. The maximum absolute atomic E-state index is 12.3. The Morgan fingerprint density at radius 1 is 1.20 bits per heavy atom. The molecule has 0 aromatic heterocycles. The molecule has 132 valence electrons. The first-order chi connectivity index (χ1) is 12.0. The Balaban J connectivity index is 1.87. The van der Waals surface area contributed by atoms with Crippen LogP contribution in [0.3, 0.4) is 0 Å². The molecule has 0 saturated carbocycles. The Kier molecular flexibility index (Phi) is 6.83. The molecule has 0 saturated heterocycles. The lowest BCUT2D eigenvalue weighted by molar-refractivity contribution is -0.137. The van der Waals surface area contributed by atoms with Gasteiger partial charge < -0.3 is 15.2 Å². The van der Waals surface area contributed by atoms with Gasteiger partial charge in [0.2, 0.25) is 5.91 Å². The molecule has 0 fully saturated rings. The van der Waals surface area contributed by atoms with Crippen LogP contribution in [-0.4, -0.2) is 23.6 Å². The highest BCUT2D eigenvalue weighted by atomic mass is 35.5. The van der Waals surface area contributed by atoms with Gasteiger partial charge in [0.05, 0.1) is 12.5 Å². The van der Waals surface area contributed by atoms with Crippen LogP contribution in [0.1, 0.15) is 31.2 Å². The Hall–Kier alpha value is -2.53. The summed E-state index contributed by atoms with van der Waals surface area (Å²) in [6.45, 7) is 2.16. The quantitative estimate of drug-likeness (QED) is 0.686. The van der Waals surface area contributed by atoms with Crippen LogP contribution in [0, 0.1) is 0 Å². The van der Waals surface area contributed by atoms with Gasteiger partial charge in [0.25, 0.3) is 0 Å². The van der Waals surface area contributed by atoms with Crippen LogP contribution in [0.25, 0.3) is 0 Å². The number of nitrogens with one attached hydrogen (secondary N) is 1. The van der Waals surface area contributed by atoms with E-state index in [2.05, 4.69) is 5.32 Å². The predicted octanol–water partition coefficient (Wildman–Crippen LogP) is 4.33. The van der Waals surface area contributed by atoms with Gasteiger partial charge in [-0.15, -0.1) is 0 Å². The second-order valence-corrected chi connectivity index (χ2v) is 6.07. The molecule has 0 aliphatic heterocycles. The minimum absolute atomic E-state index is 0.0789. The van der Waals surface area contributed by atoms with E-state index in [0.29, 0.717) is 29.5 Å². The van der Waals surface area contributed by atoms with E-state index < -0.39 is 5.97 Å². The number of benzene rings is 2. The van der Waals surface area contributed by atoms with E-state index in [1.807, 2.05) is 19.1 Å². The van der Waals surface area contributed by atoms with Crippen LogP contribution in [0.5, 0.6) is 5.75 Å². The molecule has 0 radical (unpaired) electrons. The second-order valence-electron chi connectivity index (χ2n) is 5.64. The number of hydrogen-bond donors (Lipinski definition) is 2. The maximum atomic E-state index is 12.3. The van der Waals surface area contributed by atoms with Crippen molar-refractivity contribution in [2.45, 2.75) is 25.7 Å². The number of hydrogen-bond acceptors (Lipinski definition) is 3. The molecule has 0 heterocycles. The van der Waals surface area contributed by atoms with Crippen LogP contribution >= 0.6 is 11.6 Å². The number of halogens is 1. The molecule has 1 amide bonds. The van der Waals surface area contributed by atoms with E-state index in [-0.39, 0.29) is 18.2 Å². The smallest absolute Gasteiger partial charge is 0.303 e. The third-order valence-electron chi connectivity index (χ3n) is 3.67. The van der Waals surface area contributed by atoms with Crippen molar-refractivity contribution in [3.8, 4) is 5.75 Å². The van der Waals surface area contributed by atoms with Crippen molar-refractivity contribution >= 4 is 29.2 Å². The average molecular weight is 362 g/mol. The van der Waals surface area contributed by atoms with Crippen LogP contribution in [0.4, 0.5) is 5.69 Å². The Morgan fingerprint density at radius 3 is 2.56 bits per heavy atom. The highest BCUT2D eigenvalue weighted by Gasteiger charge is 2.15. The van der Waals surface area contributed by atoms with Crippen molar-refractivity contribution in [3.63, 3.8) is 0 Å².